The third-order valence-electron chi connectivity index (χ3n) is 2.65. The van der Waals surface area contributed by atoms with Gasteiger partial charge in [-0.2, -0.15) is 0 Å². The molecular weight excluding hydrogens is 262 g/mol. The molecular formula is C13H13N3O4. The number of benzene rings is 1. The van der Waals surface area contributed by atoms with Crippen molar-refractivity contribution in [2.45, 2.75) is 6.04 Å². The largest absolute Gasteiger partial charge is 0.467 e. The third-order valence-corrected chi connectivity index (χ3v) is 2.65. The Balaban J connectivity index is 2.20. The number of carbonyl (C=O) groups excluding carboxylic acids is 2. The van der Waals surface area contributed by atoms with Crippen molar-refractivity contribution < 1.29 is 19.4 Å². The molecule has 2 aromatic rings. The lowest BCUT2D eigenvalue weighted by Crippen LogP contribution is -2.44. The molecule has 7 heteroatoms. The molecule has 1 heterocycles. The summed E-state index contributed by atoms with van der Waals surface area (Å²) in [6.45, 7) is -0.556. The molecule has 0 aliphatic rings. The summed E-state index contributed by atoms with van der Waals surface area (Å²) in [4.78, 5) is 31.5. The van der Waals surface area contributed by atoms with Crippen LogP contribution >= 0.6 is 0 Å². The molecule has 0 spiro atoms. The van der Waals surface area contributed by atoms with Crippen molar-refractivity contribution in [2.24, 2.45) is 0 Å². The number of hydrogen-bond donors (Lipinski definition) is 2. The van der Waals surface area contributed by atoms with Crippen LogP contribution in [0.5, 0.6) is 0 Å². The van der Waals surface area contributed by atoms with Crippen molar-refractivity contribution in [2.75, 3.05) is 13.7 Å². The highest BCUT2D eigenvalue weighted by molar-refractivity contribution is 5.96. The Hall–Kier alpha value is -2.54. The maximum absolute atomic E-state index is 11.9. The number of esters is 1. The minimum Gasteiger partial charge on any atom is -0.467 e. The van der Waals surface area contributed by atoms with E-state index in [1.54, 1.807) is 18.2 Å². The van der Waals surface area contributed by atoms with Gasteiger partial charge in [0.05, 0.1) is 30.9 Å². The number of fused-ring (bicyclic) bond motifs is 1. The van der Waals surface area contributed by atoms with Crippen LogP contribution in [0.15, 0.2) is 30.5 Å². The maximum Gasteiger partial charge on any atom is 0.330 e. The average Bonchev–Trinajstić information content (AvgIpc) is 2.51. The van der Waals surface area contributed by atoms with Crippen LogP contribution in [0.2, 0.25) is 0 Å². The topological polar surface area (TPSA) is 101 Å². The monoisotopic (exact) mass is 275 g/mol. The number of aliphatic hydroxyl groups excluding tert-OH is 1. The molecule has 1 amide bonds. The predicted molar refractivity (Wildman–Crippen MR) is 69.9 cm³/mol. The fraction of sp³-hybridized carbons (Fsp3) is 0.231. The number of rotatable bonds is 4. The third kappa shape index (κ3) is 2.89. The first kappa shape index (κ1) is 13.9. The molecule has 0 saturated carbocycles. The number of para-hydroxylation sites is 2. The summed E-state index contributed by atoms with van der Waals surface area (Å²) < 4.78 is 4.46. The number of aliphatic hydroxyl groups is 1. The minimum absolute atomic E-state index is 0.0612. The van der Waals surface area contributed by atoms with Crippen LogP contribution in [-0.2, 0) is 9.53 Å². The first-order chi connectivity index (χ1) is 9.65. The predicted octanol–water partition coefficient (Wildman–Crippen LogP) is -0.107. The average molecular weight is 275 g/mol. The molecule has 104 valence electrons. The van der Waals surface area contributed by atoms with Gasteiger partial charge in [-0.05, 0) is 12.1 Å². The van der Waals surface area contributed by atoms with Gasteiger partial charge in [-0.1, -0.05) is 12.1 Å². The van der Waals surface area contributed by atoms with E-state index in [-0.39, 0.29) is 5.69 Å². The Labute approximate surface area is 114 Å². The highest BCUT2D eigenvalue weighted by Crippen LogP contribution is 2.08. The molecule has 20 heavy (non-hydrogen) atoms. The molecule has 2 N–H and O–H groups in total. The SMILES string of the molecule is COC(=O)[C@@H](CO)NC(=O)c1cnc2ccccc2n1. The zero-order valence-electron chi connectivity index (χ0n) is 10.7. The maximum atomic E-state index is 11.9. The second-order valence-corrected chi connectivity index (χ2v) is 3.98. The molecule has 0 aliphatic carbocycles. The number of carbonyl (C=O) groups is 2. The zero-order valence-corrected chi connectivity index (χ0v) is 10.7. The van der Waals surface area contributed by atoms with Crippen LogP contribution in [0.4, 0.5) is 0 Å². The van der Waals surface area contributed by atoms with E-state index in [4.69, 9.17) is 5.11 Å². The standard InChI is InChI=1S/C13H13N3O4/c1-20-13(19)11(7-17)16-12(18)10-6-14-8-4-2-3-5-9(8)15-10/h2-6,11,17H,7H2,1H3,(H,16,18)/t11-/m1/s1. The lowest BCUT2D eigenvalue weighted by Gasteiger charge is -2.13. The summed E-state index contributed by atoms with van der Waals surface area (Å²) in [6, 6.07) is 5.97. The van der Waals surface area contributed by atoms with Crippen molar-refractivity contribution in [1.82, 2.24) is 15.3 Å². The minimum atomic E-state index is -1.12. The van der Waals surface area contributed by atoms with E-state index >= 15 is 0 Å². The van der Waals surface area contributed by atoms with Crippen LogP contribution < -0.4 is 5.32 Å². The van der Waals surface area contributed by atoms with Gasteiger partial charge in [-0.3, -0.25) is 9.78 Å². The summed E-state index contributed by atoms with van der Waals surface area (Å²) in [7, 11) is 1.17. The Morgan fingerprint density at radius 2 is 2.05 bits per heavy atom. The Morgan fingerprint density at radius 1 is 1.35 bits per heavy atom. The number of ether oxygens (including phenoxy) is 1. The number of hydrogen-bond acceptors (Lipinski definition) is 6. The van der Waals surface area contributed by atoms with Gasteiger partial charge in [0, 0.05) is 0 Å². The molecule has 1 aromatic carbocycles. The molecule has 7 nitrogen and oxygen atoms in total. The number of nitrogens with zero attached hydrogens (tertiary/aromatic N) is 2. The first-order valence-electron chi connectivity index (χ1n) is 5.87. The van der Waals surface area contributed by atoms with Crippen molar-refractivity contribution in [3.05, 3.63) is 36.2 Å². The van der Waals surface area contributed by atoms with E-state index in [0.717, 1.165) is 0 Å². The van der Waals surface area contributed by atoms with E-state index < -0.39 is 24.5 Å². The van der Waals surface area contributed by atoms with Crippen molar-refractivity contribution in [3.63, 3.8) is 0 Å². The second-order valence-electron chi connectivity index (χ2n) is 3.98. The summed E-state index contributed by atoms with van der Waals surface area (Å²) in [5.41, 5.74) is 1.29. The fourth-order valence-electron chi connectivity index (χ4n) is 1.62. The Morgan fingerprint density at radius 3 is 2.70 bits per heavy atom. The van der Waals surface area contributed by atoms with Gasteiger partial charge in [-0.25, -0.2) is 9.78 Å². The summed E-state index contributed by atoms with van der Waals surface area (Å²) in [5, 5.41) is 11.4. The van der Waals surface area contributed by atoms with E-state index in [9.17, 15) is 9.59 Å². The molecule has 0 fully saturated rings. The van der Waals surface area contributed by atoms with Gasteiger partial charge in [0.15, 0.2) is 6.04 Å². The number of amides is 1. The summed E-state index contributed by atoms with van der Waals surface area (Å²) in [5.74, 6) is -1.33. The van der Waals surface area contributed by atoms with Gasteiger partial charge in [0.1, 0.15) is 5.69 Å². The highest BCUT2D eigenvalue weighted by Gasteiger charge is 2.22. The van der Waals surface area contributed by atoms with Gasteiger partial charge < -0.3 is 15.2 Å². The molecule has 1 aromatic heterocycles. The fourth-order valence-corrected chi connectivity index (χ4v) is 1.62. The van der Waals surface area contributed by atoms with Crippen LogP contribution in [0.3, 0.4) is 0 Å². The van der Waals surface area contributed by atoms with Crippen molar-refractivity contribution >= 4 is 22.9 Å². The molecule has 2 rings (SSSR count). The molecule has 0 radical (unpaired) electrons. The van der Waals surface area contributed by atoms with Crippen LogP contribution in [0.25, 0.3) is 11.0 Å². The van der Waals surface area contributed by atoms with Gasteiger partial charge >= 0.3 is 5.97 Å². The van der Waals surface area contributed by atoms with Gasteiger partial charge in [0.2, 0.25) is 0 Å². The van der Waals surface area contributed by atoms with Crippen molar-refractivity contribution in [3.8, 4) is 0 Å². The van der Waals surface area contributed by atoms with Crippen LogP contribution in [0, 0.1) is 0 Å². The van der Waals surface area contributed by atoms with Gasteiger partial charge in [0.25, 0.3) is 5.91 Å². The molecule has 0 aliphatic heterocycles. The quantitative estimate of drug-likeness (QED) is 0.755. The summed E-state index contributed by atoms with van der Waals surface area (Å²) in [6.07, 6.45) is 1.31. The lowest BCUT2D eigenvalue weighted by atomic mass is 10.2. The Bertz CT molecular complexity index is 644. The zero-order chi connectivity index (χ0) is 14.5. The number of methoxy groups -OCH3 is 1. The molecule has 0 unspecified atom stereocenters. The van der Waals surface area contributed by atoms with E-state index in [1.165, 1.54) is 13.3 Å². The van der Waals surface area contributed by atoms with E-state index in [2.05, 4.69) is 20.0 Å². The highest BCUT2D eigenvalue weighted by atomic mass is 16.5. The van der Waals surface area contributed by atoms with E-state index in [0.29, 0.717) is 11.0 Å². The Kier molecular flexibility index (Phi) is 4.21. The molecule has 0 bridgehead atoms. The number of nitrogens with one attached hydrogen (secondary N) is 1. The van der Waals surface area contributed by atoms with Crippen LogP contribution in [0.1, 0.15) is 10.5 Å². The molecule has 1 atom stereocenters. The first-order valence-corrected chi connectivity index (χ1v) is 5.87. The number of aromatic nitrogens is 2. The molecule has 0 saturated heterocycles. The normalized spacial score (nSPS) is 11.9. The van der Waals surface area contributed by atoms with Gasteiger partial charge in [-0.15, -0.1) is 0 Å². The van der Waals surface area contributed by atoms with Crippen molar-refractivity contribution in [1.29, 1.82) is 0 Å². The second kappa shape index (κ2) is 6.07. The van der Waals surface area contributed by atoms with E-state index in [1.807, 2.05) is 6.07 Å². The lowest BCUT2D eigenvalue weighted by molar-refractivity contribution is -0.143. The van der Waals surface area contributed by atoms with Crippen LogP contribution in [-0.4, -0.2) is 46.7 Å². The smallest absolute Gasteiger partial charge is 0.330 e. The summed E-state index contributed by atoms with van der Waals surface area (Å²) >= 11 is 0.